The van der Waals surface area contributed by atoms with Gasteiger partial charge in [0.2, 0.25) is 0 Å². The molecule has 1 aromatic carbocycles. The zero-order valence-electron chi connectivity index (χ0n) is 22.2. The molecule has 40 heavy (non-hydrogen) atoms. The highest BCUT2D eigenvalue weighted by Crippen LogP contribution is 2.23. The highest BCUT2D eigenvalue weighted by Gasteiger charge is 2.31. The summed E-state index contributed by atoms with van der Waals surface area (Å²) < 4.78 is 42.4. The number of alkyl halides is 3. The predicted molar refractivity (Wildman–Crippen MR) is 141 cm³/mol. The van der Waals surface area contributed by atoms with E-state index in [0.29, 0.717) is 37.1 Å². The quantitative estimate of drug-likeness (QED) is 0.125. The van der Waals surface area contributed by atoms with Gasteiger partial charge in [0.25, 0.3) is 11.8 Å². The van der Waals surface area contributed by atoms with Gasteiger partial charge in [0.1, 0.15) is 11.4 Å². The molecule has 1 unspecified atom stereocenters. The molecule has 2 aromatic rings. The monoisotopic (exact) mass is 565 g/mol. The number of ether oxygens (including phenoxy) is 1. The van der Waals surface area contributed by atoms with Crippen LogP contribution >= 0.6 is 0 Å². The second kappa shape index (κ2) is 15.9. The molecule has 11 nitrogen and oxygen atoms in total. The molecule has 14 heteroatoms. The summed E-state index contributed by atoms with van der Waals surface area (Å²) in [5, 5.41) is 26.0. The Morgan fingerprint density at radius 3 is 2.70 bits per heavy atom. The van der Waals surface area contributed by atoms with Crippen molar-refractivity contribution < 1.29 is 32.6 Å². The number of nitrogens with one attached hydrogen (secondary N) is 3. The molecule has 0 bridgehead atoms. The fourth-order valence-electron chi connectivity index (χ4n) is 3.39. The molecule has 2 rings (SSSR count). The summed E-state index contributed by atoms with van der Waals surface area (Å²) in [5.74, 6) is -1.41. The average molecular weight is 566 g/mol. The van der Waals surface area contributed by atoms with Crippen molar-refractivity contribution in [3.8, 4) is 5.75 Å². The molecule has 2 amide bonds. The van der Waals surface area contributed by atoms with E-state index in [1.54, 1.807) is 31.2 Å². The Bertz CT molecular complexity index is 1210. The summed E-state index contributed by atoms with van der Waals surface area (Å²) >= 11 is 0. The molecular formula is C26H34F3N7O4. The number of carbonyl (C=O) groups excluding carboxylic acids is 2. The number of unbranched alkanes of at least 4 members (excludes halogenated alkanes) is 1. The van der Waals surface area contributed by atoms with Crippen LogP contribution < -0.4 is 26.4 Å². The van der Waals surface area contributed by atoms with Crippen LogP contribution in [0.3, 0.4) is 0 Å². The molecule has 0 aliphatic rings. The molecule has 1 aromatic heterocycles. The van der Waals surface area contributed by atoms with Gasteiger partial charge in [-0.05, 0) is 50.0 Å². The number of nitrogens with two attached hydrogens (primary N) is 1. The van der Waals surface area contributed by atoms with E-state index < -0.39 is 24.3 Å². The third-order valence-corrected chi connectivity index (χ3v) is 5.37. The van der Waals surface area contributed by atoms with Crippen LogP contribution in [-0.4, -0.2) is 57.5 Å². The number of hydrogen-bond donors (Lipinski definition) is 5. The van der Waals surface area contributed by atoms with Gasteiger partial charge in [-0.15, -0.1) is 18.3 Å². The molecule has 0 aliphatic carbocycles. The molecule has 0 saturated carbocycles. The van der Waals surface area contributed by atoms with E-state index in [2.05, 4.69) is 31.0 Å². The van der Waals surface area contributed by atoms with Gasteiger partial charge in [0.15, 0.2) is 5.69 Å². The van der Waals surface area contributed by atoms with Crippen molar-refractivity contribution in [1.82, 2.24) is 30.9 Å². The first-order valence-electron chi connectivity index (χ1n) is 12.5. The van der Waals surface area contributed by atoms with Gasteiger partial charge in [0, 0.05) is 32.4 Å². The van der Waals surface area contributed by atoms with Gasteiger partial charge in [0.05, 0.1) is 12.3 Å². The fraction of sp³-hybridized carbons (Fsp3) is 0.385. The molecule has 6 N–H and O–H groups in total. The van der Waals surface area contributed by atoms with E-state index in [4.69, 9.17) is 5.73 Å². The summed E-state index contributed by atoms with van der Waals surface area (Å²) in [6, 6.07) is 5.27. The van der Waals surface area contributed by atoms with Gasteiger partial charge in [-0.1, -0.05) is 35.6 Å². The van der Waals surface area contributed by atoms with Crippen molar-refractivity contribution in [2.45, 2.75) is 52.2 Å². The highest BCUT2D eigenvalue weighted by atomic mass is 19.4. The number of rotatable bonds is 15. The lowest BCUT2D eigenvalue weighted by Gasteiger charge is -2.12. The van der Waals surface area contributed by atoms with Crippen LogP contribution in [0.1, 0.15) is 42.7 Å². The Hall–Kier alpha value is -4.33. The smallest absolute Gasteiger partial charge is 0.406 e. The normalized spacial score (nSPS) is 13.2. The first kappa shape index (κ1) is 31.9. The molecule has 0 aliphatic heterocycles. The van der Waals surface area contributed by atoms with Crippen molar-refractivity contribution in [2.75, 3.05) is 13.1 Å². The highest BCUT2D eigenvalue weighted by molar-refractivity contribution is 5.92. The number of aryl methyl sites for hydroxylation is 1. The van der Waals surface area contributed by atoms with Crippen LogP contribution in [0, 0.1) is 0 Å². The zero-order valence-corrected chi connectivity index (χ0v) is 22.2. The van der Waals surface area contributed by atoms with Gasteiger partial charge in [-0.3, -0.25) is 14.3 Å². The number of nitrogens with zero attached hydrogens (tertiary/aromatic N) is 3. The first-order chi connectivity index (χ1) is 19.0. The van der Waals surface area contributed by atoms with E-state index in [0.717, 1.165) is 6.07 Å². The molecule has 0 saturated heterocycles. The van der Waals surface area contributed by atoms with E-state index in [9.17, 15) is 27.9 Å². The Morgan fingerprint density at radius 2 is 2.00 bits per heavy atom. The minimum absolute atomic E-state index is 0.0338. The number of aliphatic hydroxyl groups is 1. The van der Waals surface area contributed by atoms with E-state index in [1.165, 1.54) is 29.2 Å². The molecule has 0 spiro atoms. The first-order valence-corrected chi connectivity index (χ1v) is 12.5. The summed E-state index contributed by atoms with van der Waals surface area (Å²) in [7, 11) is 0. The minimum Gasteiger partial charge on any atom is -0.406 e. The second-order valence-electron chi connectivity index (χ2n) is 8.52. The van der Waals surface area contributed by atoms with Gasteiger partial charge < -0.3 is 31.5 Å². The number of halogens is 3. The van der Waals surface area contributed by atoms with Crippen LogP contribution in [0.4, 0.5) is 13.2 Å². The molecule has 1 heterocycles. The number of aliphatic hydroxyl groups excluding tert-OH is 1. The Balaban J connectivity index is 1.67. The van der Waals surface area contributed by atoms with Crippen LogP contribution in [-0.2, 0) is 17.9 Å². The Labute approximate surface area is 230 Å². The van der Waals surface area contributed by atoms with Crippen molar-refractivity contribution in [3.05, 3.63) is 77.4 Å². The molecule has 1 atom stereocenters. The van der Waals surface area contributed by atoms with E-state index in [-0.39, 0.29) is 30.2 Å². The topological polar surface area (TPSA) is 156 Å². The Morgan fingerprint density at radius 1 is 1.23 bits per heavy atom. The third-order valence-electron chi connectivity index (χ3n) is 5.37. The molecular weight excluding hydrogens is 531 g/mol. The lowest BCUT2D eigenvalue weighted by atomic mass is 10.1. The van der Waals surface area contributed by atoms with E-state index in [1.807, 2.05) is 6.92 Å². The van der Waals surface area contributed by atoms with Gasteiger partial charge in [-0.25, -0.2) is 0 Å². The maximum atomic E-state index is 12.3. The molecule has 0 radical (unpaired) electrons. The van der Waals surface area contributed by atoms with Crippen LogP contribution in [0.2, 0.25) is 0 Å². The van der Waals surface area contributed by atoms with Crippen LogP contribution in [0.15, 0.2) is 66.2 Å². The largest absolute Gasteiger partial charge is 0.573 e. The van der Waals surface area contributed by atoms with Crippen molar-refractivity contribution >= 4 is 11.8 Å². The average Bonchev–Trinajstić information content (AvgIpc) is 3.39. The standard InChI is InChI=1S/C26H34F3N7O4/c1-3-8-19(4-2)23(37)16-33-25(39)22-17-36(35-34-22)12-6-5-11-31-15-21(30)24(38)32-14-18-9-7-10-20(13-18)40-26(27,28)29/h3-4,7-10,13,15,17,23,31,37H,5-6,11-12,14,16,30H2,1-2H3,(H,32,38)(H,33,39)/b8-3-,19-4+,21-15-. The maximum absolute atomic E-state index is 12.3. The minimum atomic E-state index is -4.80. The molecule has 218 valence electrons. The number of allylic oxidation sites excluding steroid dienone is 2. The predicted octanol–water partition coefficient (Wildman–Crippen LogP) is 2.28. The van der Waals surface area contributed by atoms with Crippen molar-refractivity contribution in [3.63, 3.8) is 0 Å². The zero-order chi connectivity index (χ0) is 29.5. The van der Waals surface area contributed by atoms with Gasteiger partial charge in [-0.2, -0.15) is 0 Å². The summed E-state index contributed by atoms with van der Waals surface area (Å²) in [4.78, 5) is 24.4. The SMILES string of the molecule is C/C=C\C(=C/C)C(O)CNC(=O)c1cn(CCCCN/C=C(\N)C(=O)NCc2cccc(OC(F)(F)F)c2)nn1. The number of carbonyl (C=O) groups is 2. The number of amides is 2. The fourth-order valence-corrected chi connectivity index (χ4v) is 3.39. The number of hydrogen-bond acceptors (Lipinski definition) is 8. The van der Waals surface area contributed by atoms with Crippen molar-refractivity contribution in [1.29, 1.82) is 0 Å². The maximum Gasteiger partial charge on any atom is 0.573 e. The summed E-state index contributed by atoms with van der Waals surface area (Å²) in [5.41, 5.74) is 6.90. The number of aromatic nitrogens is 3. The lowest BCUT2D eigenvalue weighted by molar-refractivity contribution is -0.274. The third kappa shape index (κ3) is 11.6. The summed E-state index contributed by atoms with van der Waals surface area (Å²) in [6.45, 7) is 4.66. The van der Waals surface area contributed by atoms with Crippen molar-refractivity contribution in [2.24, 2.45) is 5.73 Å². The second-order valence-corrected chi connectivity index (χ2v) is 8.52. The lowest BCUT2D eigenvalue weighted by Crippen LogP contribution is -2.33. The van der Waals surface area contributed by atoms with Gasteiger partial charge >= 0.3 is 6.36 Å². The molecule has 0 fully saturated rings. The number of benzene rings is 1. The Kier molecular flexibility index (Phi) is 12.7. The van der Waals surface area contributed by atoms with Crippen LogP contribution in [0.5, 0.6) is 5.75 Å². The van der Waals surface area contributed by atoms with Crippen LogP contribution in [0.25, 0.3) is 0 Å². The van der Waals surface area contributed by atoms with E-state index >= 15 is 0 Å². The summed E-state index contributed by atoms with van der Waals surface area (Å²) in [6.07, 6.45) is 3.96.